The number of methoxy groups -OCH3 is 1. The van der Waals surface area contributed by atoms with E-state index >= 15 is 0 Å². The van der Waals surface area contributed by atoms with Crippen molar-refractivity contribution in [2.75, 3.05) is 18.2 Å². The van der Waals surface area contributed by atoms with Crippen LogP contribution in [0.1, 0.15) is 10.4 Å². The van der Waals surface area contributed by atoms with Crippen molar-refractivity contribution in [1.82, 2.24) is 4.98 Å². The molecule has 0 fully saturated rings. The van der Waals surface area contributed by atoms with E-state index in [-0.39, 0.29) is 17.1 Å². The molecule has 6 heteroatoms. The van der Waals surface area contributed by atoms with Gasteiger partial charge in [0.1, 0.15) is 11.5 Å². The Morgan fingerprint density at radius 3 is 2.95 bits per heavy atom. The maximum atomic E-state index is 13.1. The number of hydrogen-bond acceptors (Lipinski definition) is 4. The van der Waals surface area contributed by atoms with Crippen molar-refractivity contribution >= 4 is 17.3 Å². The molecule has 1 aromatic carbocycles. The highest BCUT2D eigenvalue weighted by atomic mass is 19.1. The van der Waals surface area contributed by atoms with Crippen molar-refractivity contribution in [3.8, 4) is 5.88 Å². The van der Waals surface area contributed by atoms with Gasteiger partial charge in [-0.25, -0.2) is 9.37 Å². The van der Waals surface area contributed by atoms with Crippen LogP contribution >= 0.6 is 0 Å². The molecule has 0 radical (unpaired) electrons. The number of carbonyl (C=O) groups is 1. The van der Waals surface area contributed by atoms with Crippen LogP contribution in [0.2, 0.25) is 0 Å². The fourth-order valence-electron chi connectivity index (χ4n) is 1.56. The Morgan fingerprint density at radius 2 is 2.21 bits per heavy atom. The Hall–Kier alpha value is -2.63. The fraction of sp³-hybridized carbons (Fsp3) is 0.0769. The molecule has 1 aromatic heterocycles. The number of hydrogen-bond donors (Lipinski definition) is 2. The largest absolute Gasteiger partial charge is 0.480 e. The Labute approximate surface area is 109 Å². The molecule has 3 N–H and O–H groups in total. The summed E-state index contributed by atoms with van der Waals surface area (Å²) in [6.45, 7) is 0. The standard InChI is InChI=1S/C13H12FN3O2/c1-19-13-11(3-2-6-16-13)17-12(18)9-7-8(14)4-5-10(9)15/h2-7H,15H2,1H3,(H,17,18). The van der Waals surface area contributed by atoms with E-state index in [1.807, 2.05) is 0 Å². The predicted molar refractivity (Wildman–Crippen MR) is 69.6 cm³/mol. The normalized spacial score (nSPS) is 10.0. The van der Waals surface area contributed by atoms with E-state index in [2.05, 4.69) is 10.3 Å². The topological polar surface area (TPSA) is 77.2 Å². The Morgan fingerprint density at radius 1 is 1.42 bits per heavy atom. The van der Waals surface area contributed by atoms with E-state index in [4.69, 9.17) is 10.5 Å². The molecule has 0 aliphatic rings. The number of nitrogen functional groups attached to an aromatic ring is 1. The molecule has 0 bridgehead atoms. The number of aromatic nitrogens is 1. The van der Waals surface area contributed by atoms with E-state index in [1.165, 1.54) is 25.4 Å². The van der Waals surface area contributed by atoms with Crippen molar-refractivity contribution in [1.29, 1.82) is 0 Å². The highest BCUT2D eigenvalue weighted by molar-refractivity contribution is 6.08. The summed E-state index contributed by atoms with van der Waals surface area (Å²) in [6.07, 6.45) is 1.53. The molecule has 0 saturated carbocycles. The first kappa shape index (κ1) is 12.8. The summed E-state index contributed by atoms with van der Waals surface area (Å²) in [5, 5.41) is 2.57. The molecular formula is C13H12FN3O2. The Kier molecular flexibility index (Phi) is 3.61. The van der Waals surface area contributed by atoms with Gasteiger partial charge in [-0.05, 0) is 30.3 Å². The summed E-state index contributed by atoms with van der Waals surface area (Å²) in [5.41, 5.74) is 6.28. The molecule has 1 amide bonds. The lowest BCUT2D eigenvalue weighted by Crippen LogP contribution is -2.15. The number of nitrogens with one attached hydrogen (secondary N) is 1. The third-order valence-electron chi connectivity index (χ3n) is 2.47. The number of ether oxygens (including phenoxy) is 1. The van der Waals surface area contributed by atoms with Crippen LogP contribution < -0.4 is 15.8 Å². The molecule has 19 heavy (non-hydrogen) atoms. The fourth-order valence-corrected chi connectivity index (χ4v) is 1.56. The highest BCUT2D eigenvalue weighted by Gasteiger charge is 2.13. The number of nitrogens with two attached hydrogens (primary N) is 1. The lowest BCUT2D eigenvalue weighted by atomic mass is 10.1. The quantitative estimate of drug-likeness (QED) is 0.829. The third-order valence-corrected chi connectivity index (χ3v) is 2.47. The number of halogens is 1. The average Bonchev–Trinajstić information content (AvgIpc) is 2.42. The van der Waals surface area contributed by atoms with E-state index in [0.29, 0.717) is 5.69 Å². The zero-order valence-electron chi connectivity index (χ0n) is 10.2. The van der Waals surface area contributed by atoms with E-state index in [0.717, 1.165) is 6.07 Å². The van der Waals surface area contributed by atoms with Gasteiger partial charge in [0.05, 0.1) is 12.7 Å². The van der Waals surface area contributed by atoms with Crippen LogP contribution in [0.3, 0.4) is 0 Å². The van der Waals surface area contributed by atoms with Gasteiger partial charge in [0.15, 0.2) is 0 Å². The first-order valence-electron chi connectivity index (χ1n) is 5.47. The molecule has 1 heterocycles. The van der Waals surface area contributed by atoms with Crippen molar-refractivity contribution in [2.24, 2.45) is 0 Å². The first-order chi connectivity index (χ1) is 9.11. The summed E-state index contributed by atoms with van der Waals surface area (Å²) in [7, 11) is 1.44. The van der Waals surface area contributed by atoms with E-state index < -0.39 is 11.7 Å². The van der Waals surface area contributed by atoms with Crippen LogP contribution in [0, 0.1) is 5.82 Å². The maximum Gasteiger partial charge on any atom is 0.258 e. The molecule has 98 valence electrons. The number of anilines is 2. The van der Waals surface area contributed by atoms with Gasteiger partial charge in [-0.3, -0.25) is 4.79 Å². The monoisotopic (exact) mass is 261 g/mol. The molecular weight excluding hydrogens is 249 g/mol. The lowest BCUT2D eigenvalue weighted by molar-refractivity contribution is 0.102. The molecule has 0 atom stereocenters. The summed E-state index contributed by atoms with van der Waals surface area (Å²) in [5.74, 6) is -0.786. The lowest BCUT2D eigenvalue weighted by Gasteiger charge is -2.10. The number of pyridine rings is 1. The van der Waals surface area contributed by atoms with Gasteiger partial charge in [0.25, 0.3) is 5.91 Å². The molecule has 0 saturated heterocycles. The smallest absolute Gasteiger partial charge is 0.258 e. The average molecular weight is 261 g/mol. The summed E-state index contributed by atoms with van der Waals surface area (Å²) in [4.78, 5) is 16.0. The number of amides is 1. The van der Waals surface area contributed by atoms with Crippen LogP contribution in [0.4, 0.5) is 15.8 Å². The molecule has 0 unspecified atom stereocenters. The maximum absolute atomic E-state index is 13.1. The van der Waals surface area contributed by atoms with E-state index in [9.17, 15) is 9.18 Å². The Balaban J connectivity index is 2.28. The summed E-state index contributed by atoms with van der Waals surface area (Å²) in [6, 6.07) is 6.88. The third kappa shape index (κ3) is 2.79. The van der Waals surface area contributed by atoms with Gasteiger partial charge in [0, 0.05) is 11.9 Å². The van der Waals surface area contributed by atoms with Crippen molar-refractivity contribution < 1.29 is 13.9 Å². The van der Waals surface area contributed by atoms with Gasteiger partial charge in [0.2, 0.25) is 5.88 Å². The molecule has 0 aliphatic heterocycles. The van der Waals surface area contributed by atoms with Gasteiger partial charge < -0.3 is 15.8 Å². The van der Waals surface area contributed by atoms with Crippen LogP contribution in [0.25, 0.3) is 0 Å². The van der Waals surface area contributed by atoms with Crippen LogP contribution in [-0.2, 0) is 0 Å². The van der Waals surface area contributed by atoms with Gasteiger partial charge in [-0.1, -0.05) is 0 Å². The minimum absolute atomic E-state index is 0.0610. The predicted octanol–water partition coefficient (Wildman–Crippen LogP) is 2.06. The van der Waals surface area contributed by atoms with Crippen molar-refractivity contribution in [3.05, 3.63) is 47.9 Å². The Bertz CT molecular complexity index is 617. The van der Waals surface area contributed by atoms with E-state index in [1.54, 1.807) is 12.1 Å². The van der Waals surface area contributed by atoms with Crippen LogP contribution in [0.5, 0.6) is 5.88 Å². The number of carbonyl (C=O) groups excluding carboxylic acids is 1. The number of nitrogens with zero attached hydrogens (tertiary/aromatic N) is 1. The molecule has 2 aromatic rings. The second-order valence-electron chi connectivity index (χ2n) is 3.75. The molecule has 0 aliphatic carbocycles. The van der Waals surface area contributed by atoms with Gasteiger partial charge in [-0.2, -0.15) is 0 Å². The molecule has 5 nitrogen and oxygen atoms in total. The SMILES string of the molecule is COc1ncccc1NC(=O)c1cc(F)ccc1N. The minimum atomic E-state index is -0.530. The van der Waals surface area contributed by atoms with Crippen molar-refractivity contribution in [2.45, 2.75) is 0 Å². The molecule has 2 rings (SSSR count). The zero-order valence-corrected chi connectivity index (χ0v) is 10.2. The van der Waals surface area contributed by atoms with Crippen LogP contribution in [0.15, 0.2) is 36.5 Å². The minimum Gasteiger partial charge on any atom is -0.480 e. The second-order valence-corrected chi connectivity index (χ2v) is 3.75. The number of benzene rings is 1. The first-order valence-corrected chi connectivity index (χ1v) is 5.47. The van der Waals surface area contributed by atoms with Gasteiger partial charge in [-0.15, -0.1) is 0 Å². The zero-order chi connectivity index (χ0) is 13.8. The number of rotatable bonds is 3. The summed E-state index contributed by atoms with van der Waals surface area (Å²) < 4.78 is 18.1. The summed E-state index contributed by atoms with van der Waals surface area (Å²) >= 11 is 0. The van der Waals surface area contributed by atoms with Gasteiger partial charge >= 0.3 is 0 Å². The molecule has 0 spiro atoms. The second kappa shape index (κ2) is 5.34. The van der Waals surface area contributed by atoms with Crippen molar-refractivity contribution in [3.63, 3.8) is 0 Å². The van der Waals surface area contributed by atoms with Crippen LogP contribution in [-0.4, -0.2) is 18.0 Å². The highest BCUT2D eigenvalue weighted by Crippen LogP contribution is 2.22.